The van der Waals surface area contributed by atoms with Crippen molar-refractivity contribution in [3.05, 3.63) is 23.8 Å². The summed E-state index contributed by atoms with van der Waals surface area (Å²) in [5.41, 5.74) is 0.411. The lowest BCUT2D eigenvalue weighted by Gasteiger charge is -2.48. The van der Waals surface area contributed by atoms with Crippen LogP contribution in [0, 0.1) is 5.41 Å². The number of hydrogen-bond donors (Lipinski definition) is 2. The molecule has 132 valence electrons. The van der Waals surface area contributed by atoms with E-state index in [1.807, 2.05) is 18.2 Å². The molecule has 0 saturated carbocycles. The molecule has 0 unspecified atom stereocenters. The molecule has 24 heavy (non-hydrogen) atoms. The number of carbonyl (C=O) groups is 1. The van der Waals surface area contributed by atoms with E-state index in [1.165, 1.54) is 0 Å². The van der Waals surface area contributed by atoms with Gasteiger partial charge in [0.2, 0.25) is 0 Å². The van der Waals surface area contributed by atoms with E-state index >= 15 is 0 Å². The minimum absolute atomic E-state index is 0.0832. The lowest BCUT2D eigenvalue weighted by Crippen LogP contribution is -2.62. The second-order valence-corrected chi connectivity index (χ2v) is 6.79. The standard InChI is InChI=1S/C18H26N2O4/c1-23-14-8-13(9-15(10-14)24-2)11-20-7-4-16-18(12-20,17(21)22)5-3-6-19-16/h8-10,16,19H,3-7,11-12H2,1-2H3,(H,21,22)/t16-,18+/m1/s1. The fraction of sp³-hybridized carbons (Fsp3) is 0.611. The van der Waals surface area contributed by atoms with Gasteiger partial charge in [-0.1, -0.05) is 0 Å². The Hall–Kier alpha value is -1.79. The summed E-state index contributed by atoms with van der Waals surface area (Å²) >= 11 is 0. The van der Waals surface area contributed by atoms with Gasteiger partial charge < -0.3 is 19.9 Å². The zero-order valence-electron chi connectivity index (χ0n) is 14.4. The van der Waals surface area contributed by atoms with Crippen molar-refractivity contribution in [2.45, 2.75) is 31.8 Å². The summed E-state index contributed by atoms with van der Waals surface area (Å²) < 4.78 is 10.7. The number of methoxy groups -OCH3 is 2. The van der Waals surface area contributed by atoms with Crippen molar-refractivity contribution in [2.75, 3.05) is 33.9 Å². The zero-order valence-corrected chi connectivity index (χ0v) is 14.4. The second kappa shape index (κ2) is 6.99. The first-order chi connectivity index (χ1) is 11.6. The van der Waals surface area contributed by atoms with Crippen molar-refractivity contribution in [3.8, 4) is 11.5 Å². The largest absolute Gasteiger partial charge is 0.497 e. The van der Waals surface area contributed by atoms with Gasteiger partial charge in [-0.15, -0.1) is 0 Å². The van der Waals surface area contributed by atoms with Gasteiger partial charge in [-0.05, 0) is 43.5 Å². The molecule has 0 bridgehead atoms. The lowest BCUT2D eigenvalue weighted by molar-refractivity contribution is -0.157. The molecule has 2 fully saturated rings. The maximum Gasteiger partial charge on any atom is 0.312 e. The van der Waals surface area contributed by atoms with Crippen LogP contribution >= 0.6 is 0 Å². The number of benzene rings is 1. The zero-order chi connectivity index (χ0) is 17.2. The predicted molar refractivity (Wildman–Crippen MR) is 90.5 cm³/mol. The molecule has 0 amide bonds. The number of hydrogen-bond acceptors (Lipinski definition) is 5. The summed E-state index contributed by atoms with van der Waals surface area (Å²) in [4.78, 5) is 14.2. The summed E-state index contributed by atoms with van der Waals surface area (Å²) in [5, 5.41) is 13.3. The fourth-order valence-corrected chi connectivity index (χ4v) is 4.08. The Balaban J connectivity index is 1.78. The Kier molecular flexibility index (Phi) is 4.96. The molecular formula is C18H26N2O4. The number of likely N-dealkylation sites (tertiary alicyclic amines) is 1. The first-order valence-corrected chi connectivity index (χ1v) is 8.48. The van der Waals surface area contributed by atoms with Crippen LogP contribution in [-0.2, 0) is 11.3 Å². The SMILES string of the molecule is COc1cc(CN2CC[C@H]3NCCC[C@]3(C(=O)O)C2)cc(OC)c1. The molecule has 1 aromatic rings. The van der Waals surface area contributed by atoms with E-state index in [-0.39, 0.29) is 6.04 Å². The van der Waals surface area contributed by atoms with Gasteiger partial charge in [0.05, 0.1) is 19.6 Å². The van der Waals surface area contributed by atoms with Crippen LogP contribution in [0.4, 0.5) is 0 Å². The Morgan fingerprint density at radius 1 is 1.33 bits per heavy atom. The maximum atomic E-state index is 12.0. The third-order valence-electron chi connectivity index (χ3n) is 5.34. The van der Waals surface area contributed by atoms with Crippen LogP contribution in [-0.4, -0.2) is 55.9 Å². The maximum absolute atomic E-state index is 12.0. The predicted octanol–water partition coefficient (Wildman–Crippen LogP) is 1.73. The van der Waals surface area contributed by atoms with Crippen LogP contribution in [0.2, 0.25) is 0 Å². The number of carboxylic acid groups (broad SMARTS) is 1. The molecule has 2 saturated heterocycles. The van der Waals surface area contributed by atoms with Crippen molar-refractivity contribution in [3.63, 3.8) is 0 Å². The molecule has 2 heterocycles. The molecule has 6 nitrogen and oxygen atoms in total. The van der Waals surface area contributed by atoms with Crippen molar-refractivity contribution in [1.82, 2.24) is 10.2 Å². The number of fused-ring (bicyclic) bond motifs is 1. The molecule has 2 aliphatic rings. The van der Waals surface area contributed by atoms with Gasteiger partial charge in [0, 0.05) is 31.7 Å². The Morgan fingerprint density at radius 2 is 2.04 bits per heavy atom. The van der Waals surface area contributed by atoms with Crippen molar-refractivity contribution in [1.29, 1.82) is 0 Å². The van der Waals surface area contributed by atoms with E-state index in [0.717, 1.165) is 49.4 Å². The number of nitrogens with one attached hydrogen (secondary N) is 1. The summed E-state index contributed by atoms with van der Waals surface area (Å²) in [6, 6.07) is 5.90. The molecule has 0 aliphatic carbocycles. The van der Waals surface area contributed by atoms with Crippen molar-refractivity contribution in [2.24, 2.45) is 5.41 Å². The van der Waals surface area contributed by atoms with Gasteiger partial charge in [0.1, 0.15) is 11.5 Å². The summed E-state index contributed by atoms with van der Waals surface area (Å²) in [6.07, 6.45) is 2.54. The van der Waals surface area contributed by atoms with Crippen LogP contribution in [0.25, 0.3) is 0 Å². The van der Waals surface area contributed by atoms with Crippen LogP contribution in [0.5, 0.6) is 11.5 Å². The first kappa shape index (κ1) is 17.0. The Morgan fingerprint density at radius 3 is 2.67 bits per heavy atom. The fourth-order valence-electron chi connectivity index (χ4n) is 4.08. The number of rotatable bonds is 5. The average Bonchev–Trinajstić information content (AvgIpc) is 2.61. The van der Waals surface area contributed by atoms with Gasteiger partial charge >= 0.3 is 5.97 Å². The highest BCUT2D eigenvalue weighted by atomic mass is 16.5. The van der Waals surface area contributed by atoms with Gasteiger partial charge in [-0.25, -0.2) is 0 Å². The highest BCUT2D eigenvalue weighted by molar-refractivity contribution is 5.76. The molecule has 2 atom stereocenters. The monoisotopic (exact) mass is 334 g/mol. The summed E-state index contributed by atoms with van der Waals surface area (Å²) in [5.74, 6) is 0.839. The van der Waals surface area contributed by atoms with Crippen LogP contribution < -0.4 is 14.8 Å². The minimum Gasteiger partial charge on any atom is -0.497 e. The number of aliphatic carboxylic acids is 1. The molecular weight excluding hydrogens is 308 g/mol. The number of carboxylic acids is 1. The Labute approximate surface area is 142 Å². The van der Waals surface area contributed by atoms with E-state index in [0.29, 0.717) is 13.1 Å². The second-order valence-electron chi connectivity index (χ2n) is 6.79. The third kappa shape index (κ3) is 3.21. The smallest absolute Gasteiger partial charge is 0.312 e. The van der Waals surface area contributed by atoms with Crippen molar-refractivity contribution >= 4 is 5.97 Å². The average molecular weight is 334 g/mol. The lowest BCUT2D eigenvalue weighted by atomic mass is 9.70. The molecule has 3 rings (SSSR count). The minimum atomic E-state index is -0.673. The topological polar surface area (TPSA) is 71.0 Å². The molecule has 0 radical (unpaired) electrons. The molecule has 0 spiro atoms. The third-order valence-corrected chi connectivity index (χ3v) is 5.34. The normalized spacial score (nSPS) is 27.3. The van der Waals surface area contributed by atoms with E-state index in [1.54, 1.807) is 14.2 Å². The van der Waals surface area contributed by atoms with E-state index in [2.05, 4.69) is 10.2 Å². The number of ether oxygens (including phenoxy) is 2. The van der Waals surface area contributed by atoms with Gasteiger partial charge in [-0.2, -0.15) is 0 Å². The number of nitrogens with zero attached hydrogens (tertiary/aromatic N) is 1. The van der Waals surface area contributed by atoms with Crippen molar-refractivity contribution < 1.29 is 19.4 Å². The summed E-state index contributed by atoms with van der Waals surface area (Å²) in [7, 11) is 3.27. The molecule has 2 N–H and O–H groups in total. The van der Waals surface area contributed by atoms with Gasteiger partial charge in [0.15, 0.2) is 0 Å². The molecule has 2 aliphatic heterocycles. The highest BCUT2D eigenvalue weighted by Gasteiger charge is 2.50. The molecule has 6 heteroatoms. The van der Waals surface area contributed by atoms with Crippen LogP contribution in [0.15, 0.2) is 18.2 Å². The number of piperidine rings is 2. The van der Waals surface area contributed by atoms with Gasteiger partial charge in [0.25, 0.3) is 0 Å². The molecule has 1 aromatic carbocycles. The van der Waals surface area contributed by atoms with E-state index < -0.39 is 11.4 Å². The van der Waals surface area contributed by atoms with E-state index in [4.69, 9.17) is 9.47 Å². The van der Waals surface area contributed by atoms with Crippen LogP contribution in [0.3, 0.4) is 0 Å². The molecule has 0 aromatic heterocycles. The Bertz CT molecular complexity index is 584. The quantitative estimate of drug-likeness (QED) is 0.855. The summed E-state index contributed by atoms with van der Waals surface area (Å²) in [6.45, 7) is 3.10. The first-order valence-electron chi connectivity index (χ1n) is 8.48. The van der Waals surface area contributed by atoms with Gasteiger partial charge in [-0.3, -0.25) is 9.69 Å². The highest BCUT2D eigenvalue weighted by Crippen LogP contribution is 2.38. The van der Waals surface area contributed by atoms with E-state index in [9.17, 15) is 9.90 Å². The van der Waals surface area contributed by atoms with Crippen LogP contribution in [0.1, 0.15) is 24.8 Å².